The molecule has 2 N–H and O–H groups in total. The number of amides is 2. The number of ether oxygens (including phenoxy) is 2. The quantitative estimate of drug-likeness (QED) is 0.423. The van der Waals surface area contributed by atoms with Crippen LogP contribution in [0.15, 0.2) is 46.9 Å². The highest BCUT2D eigenvalue weighted by atomic mass is 19.3. The summed E-state index contributed by atoms with van der Waals surface area (Å²) in [7, 11) is 3.12. The largest absolute Gasteiger partial charge is 0.493 e. The van der Waals surface area contributed by atoms with Crippen LogP contribution in [0.5, 0.6) is 11.5 Å². The van der Waals surface area contributed by atoms with Crippen molar-refractivity contribution in [2.75, 3.05) is 14.2 Å². The highest BCUT2D eigenvalue weighted by molar-refractivity contribution is 6.01. The number of hydrogen-bond acceptors (Lipinski definition) is 5. The third kappa shape index (κ3) is 4.78. The second-order valence-corrected chi connectivity index (χ2v) is 10.0. The number of alkyl halides is 2. The molecule has 0 atom stereocenters. The summed E-state index contributed by atoms with van der Waals surface area (Å²) in [5, 5.41) is 6.19. The Kier molecular flexibility index (Phi) is 6.30. The Hall–Kier alpha value is -4.06. The van der Waals surface area contributed by atoms with Gasteiger partial charge in [-0.1, -0.05) is 24.1 Å². The first kappa shape index (κ1) is 25.6. The van der Waals surface area contributed by atoms with Crippen LogP contribution in [0.2, 0.25) is 0 Å². The van der Waals surface area contributed by atoms with Crippen LogP contribution >= 0.6 is 0 Å². The maximum Gasteiger partial charge on any atom is 0.287 e. The fraction of sp³-hybridized carbons (Fsp3) is 0.379. The van der Waals surface area contributed by atoms with Gasteiger partial charge in [-0.15, -0.1) is 6.42 Å². The lowest BCUT2D eigenvalue weighted by atomic mass is 9.78. The predicted octanol–water partition coefficient (Wildman–Crippen LogP) is 5.08. The van der Waals surface area contributed by atoms with Gasteiger partial charge in [0.1, 0.15) is 16.7 Å². The van der Waals surface area contributed by atoms with Crippen LogP contribution in [0.3, 0.4) is 0 Å². The standard InChI is InChI=1S/C29H28F2N2O5/c1-4-27(9-10-27)33-26(35)28(11-13-29(30,31)14-12-28)32-25(34)24-17-20-6-5-18(15-22(20)38-24)19-7-8-21(36-2)23(16-19)37-3/h1,5-8,15-17H,9-14H2,2-3H3,(H,32,34)(H,33,35). The summed E-state index contributed by atoms with van der Waals surface area (Å²) < 4.78 is 44.5. The maximum absolute atomic E-state index is 14.0. The van der Waals surface area contributed by atoms with Crippen molar-refractivity contribution >= 4 is 22.8 Å². The number of hydrogen-bond donors (Lipinski definition) is 2. The van der Waals surface area contributed by atoms with Crippen LogP contribution < -0.4 is 20.1 Å². The van der Waals surface area contributed by atoms with Gasteiger partial charge in [0.15, 0.2) is 17.3 Å². The number of fused-ring (bicyclic) bond motifs is 1. The number of halogens is 2. The third-order valence-electron chi connectivity index (χ3n) is 7.46. The van der Waals surface area contributed by atoms with E-state index in [1.54, 1.807) is 32.4 Å². The Morgan fingerprint density at radius 1 is 0.895 bits per heavy atom. The minimum Gasteiger partial charge on any atom is -0.493 e. The van der Waals surface area contributed by atoms with E-state index in [2.05, 4.69) is 16.6 Å². The van der Waals surface area contributed by atoms with Gasteiger partial charge in [0.05, 0.1) is 14.2 Å². The van der Waals surface area contributed by atoms with Gasteiger partial charge < -0.3 is 24.5 Å². The lowest BCUT2D eigenvalue weighted by Crippen LogP contribution is -2.62. The first-order chi connectivity index (χ1) is 18.1. The number of benzene rings is 2. The van der Waals surface area contributed by atoms with Crippen LogP contribution in [-0.4, -0.2) is 43.0 Å². The molecule has 2 saturated carbocycles. The first-order valence-electron chi connectivity index (χ1n) is 12.4. The molecule has 0 radical (unpaired) electrons. The van der Waals surface area contributed by atoms with Crippen LogP contribution in [-0.2, 0) is 4.79 Å². The zero-order chi connectivity index (χ0) is 27.1. The molecule has 198 valence electrons. The molecule has 0 bridgehead atoms. The lowest BCUT2D eigenvalue weighted by Gasteiger charge is -2.39. The summed E-state index contributed by atoms with van der Waals surface area (Å²) in [6.07, 6.45) is 5.33. The van der Waals surface area contributed by atoms with Crippen LogP contribution in [0.1, 0.15) is 49.1 Å². The molecule has 2 aromatic carbocycles. The highest BCUT2D eigenvalue weighted by Crippen LogP contribution is 2.41. The van der Waals surface area contributed by atoms with E-state index in [9.17, 15) is 18.4 Å². The average Bonchev–Trinajstić information content (AvgIpc) is 3.56. The fourth-order valence-electron chi connectivity index (χ4n) is 4.84. The Morgan fingerprint density at radius 3 is 2.18 bits per heavy atom. The molecule has 2 aliphatic rings. The predicted molar refractivity (Wildman–Crippen MR) is 137 cm³/mol. The Labute approximate surface area is 218 Å². The van der Waals surface area contributed by atoms with Gasteiger partial charge in [-0.25, -0.2) is 8.78 Å². The molecule has 1 heterocycles. The zero-order valence-corrected chi connectivity index (χ0v) is 21.2. The Balaban J connectivity index is 1.40. The minimum atomic E-state index is -2.89. The molecule has 0 aliphatic heterocycles. The lowest BCUT2D eigenvalue weighted by molar-refractivity contribution is -0.133. The summed E-state index contributed by atoms with van der Waals surface area (Å²) in [6, 6.07) is 12.6. The molecule has 0 saturated heterocycles. The monoisotopic (exact) mass is 522 g/mol. The third-order valence-corrected chi connectivity index (χ3v) is 7.46. The number of methoxy groups -OCH3 is 2. The molecule has 3 aromatic rings. The molecule has 0 unspecified atom stereocenters. The molecule has 38 heavy (non-hydrogen) atoms. The Morgan fingerprint density at radius 2 is 1.55 bits per heavy atom. The maximum atomic E-state index is 14.0. The van der Waals surface area contributed by atoms with E-state index in [1.807, 2.05) is 24.3 Å². The van der Waals surface area contributed by atoms with Crippen molar-refractivity contribution in [1.82, 2.24) is 10.6 Å². The van der Waals surface area contributed by atoms with Gasteiger partial charge >= 0.3 is 0 Å². The zero-order valence-electron chi connectivity index (χ0n) is 21.2. The van der Waals surface area contributed by atoms with Crippen molar-refractivity contribution in [3.05, 3.63) is 48.2 Å². The number of furan rings is 1. The summed E-state index contributed by atoms with van der Waals surface area (Å²) in [4.78, 5) is 26.5. The normalized spacial score (nSPS) is 18.7. The molecule has 1 aromatic heterocycles. The average molecular weight is 523 g/mol. The van der Waals surface area contributed by atoms with E-state index < -0.39 is 41.7 Å². The van der Waals surface area contributed by atoms with E-state index in [0.717, 1.165) is 11.1 Å². The fourth-order valence-corrected chi connectivity index (χ4v) is 4.84. The molecular weight excluding hydrogens is 494 g/mol. The molecular formula is C29H28F2N2O5. The Bertz CT molecular complexity index is 1440. The van der Waals surface area contributed by atoms with Crippen molar-refractivity contribution in [2.24, 2.45) is 0 Å². The van der Waals surface area contributed by atoms with Crippen molar-refractivity contribution < 1.29 is 32.3 Å². The number of nitrogens with one attached hydrogen (secondary N) is 2. The first-order valence-corrected chi connectivity index (χ1v) is 12.4. The minimum absolute atomic E-state index is 0.0212. The molecule has 2 amide bonds. The van der Waals surface area contributed by atoms with E-state index in [4.69, 9.17) is 20.3 Å². The van der Waals surface area contributed by atoms with E-state index in [-0.39, 0.29) is 18.6 Å². The van der Waals surface area contributed by atoms with Crippen molar-refractivity contribution in [3.8, 4) is 35.0 Å². The summed E-state index contributed by atoms with van der Waals surface area (Å²) in [6.45, 7) is 0. The summed E-state index contributed by atoms with van der Waals surface area (Å²) in [5.41, 5.74) is -0.133. The topological polar surface area (TPSA) is 89.8 Å². The SMILES string of the molecule is C#CC1(NC(=O)C2(NC(=O)c3cc4ccc(-c5ccc(OC)c(OC)c5)cc4o3)CCC(F)(F)CC2)CC1. The molecule has 0 spiro atoms. The van der Waals surface area contributed by atoms with Crippen LogP contribution in [0, 0.1) is 12.3 Å². The molecule has 7 nitrogen and oxygen atoms in total. The van der Waals surface area contributed by atoms with Gasteiger partial charge in [-0.05, 0) is 61.1 Å². The molecule has 5 rings (SSSR count). The van der Waals surface area contributed by atoms with Gasteiger partial charge in [0.25, 0.3) is 5.91 Å². The summed E-state index contributed by atoms with van der Waals surface area (Å²) in [5.74, 6) is -0.366. The number of terminal acetylenes is 1. The van der Waals surface area contributed by atoms with Gasteiger partial charge in [-0.2, -0.15) is 0 Å². The van der Waals surface area contributed by atoms with E-state index >= 15 is 0 Å². The van der Waals surface area contributed by atoms with Crippen molar-refractivity contribution in [1.29, 1.82) is 0 Å². The summed E-state index contributed by atoms with van der Waals surface area (Å²) >= 11 is 0. The van der Waals surface area contributed by atoms with Crippen molar-refractivity contribution in [2.45, 2.75) is 55.5 Å². The molecule has 2 aliphatic carbocycles. The van der Waals surface area contributed by atoms with Crippen molar-refractivity contribution in [3.63, 3.8) is 0 Å². The van der Waals surface area contributed by atoms with Gasteiger partial charge in [0, 0.05) is 18.2 Å². The second kappa shape index (κ2) is 9.35. The molecule has 2 fully saturated rings. The van der Waals surface area contributed by atoms with Crippen LogP contribution in [0.4, 0.5) is 8.78 Å². The highest BCUT2D eigenvalue weighted by Gasteiger charge is 2.52. The number of carbonyl (C=O) groups excluding carboxylic acids is 2. The smallest absolute Gasteiger partial charge is 0.287 e. The second-order valence-electron chi connectivity index (χ2n) is 10.0. The number of rotatable bonds is 7. The van der Waals surface area contributed by atoms with Gasteiger partial charge in [0.2, 0.25) is 11.8 Å². The van der Waals surface area contributed by atoms with Crippen LogP contribution in [0.25, 0.3) is 22.1 Å². The molecule has 9 heteroatoms. The van der Waals surface area contributed by atoms with Gasteiger partial charge in [-0.3, -0.25) is 9.59 Å². The van der Waals surface area contributed by atoms with E-state index in [0.29, 0.717) is 35.3 Å². The number of carbonyl (C=O) groups is 2. The van der Waals surface area contributed by atoms with E-state index in [1.165, 1.54) is 0 Å².